The van der Waals surface area contributed by atoms with Crippen molar-refractivity contribution in [3.63, 3.8) is 0 Å². The molecule has 2 saturated carbocycles. The Labute approximate surface area is 80.7 Å². The molecule has 0 saturated heterocycles. The van der Waals surface area contributed by atoms with E-state index < -0.39 is 0 Å². The molecule has 0 nitrogen and oxygen atoms in total. The standard InChI is InChI=1S/C11H19Cl/c12-11-7-3-6-10(8-11)9-4-1-2-5-9/h9-11H,1-8H2. The number of alkyl halides is 1. The average Bonchev–Trinajstić information content (AvgIpc) is 2.56. The lowest BCUT2D eigenvalue weighted by Gasteiger charge is -2.29. The molecule has 0 aromatic carbocycles. The van der Waals surface area contributed by atoms with Crippen LogP contribution in [-0.2, 0) is 0 Å². The van der Waals surface area contributed by atoms with Gasteiger partial charge in [0.2, 0.25) is 0 Å². The zero-order chi connectivity index (χ0) is 8.39. The Morgan fingerprint density at radius 3 is 2.08 bits per heavy atom. The first kappa shape index (κ1) is 8.87. The fraction of sp³-hybridized carbons (Fsp3) is 1.00. The van der Waals surface area contributed by atoms with Gasteiger partial charge in [0.05, 0.1) is 0 Å². The van der Waals surface area contributed by atoms with Gasteiger partial charge < -0.3 is 0 Å². The topological polar surface area (TPSA) is 0 Å². The van der Waals surface area contributed by atoms with Gasteiger partial charge in [0.1, 0.15) is 0 Å². The molecule has 0 aromatic rings. The second kappa shape index (κ2) is 4.00. The molecule has 1 heteroatoms. The van der Waals surface area contributed by atoms with Crippen molar-refractivity contribution in [3.05, 3.63) is 0 Å². The highest BCUT2D eigenvalue weighted by molar-refractivity contribution is 6.20. The van der Waals surface area contributed by atoms with E-state index in [0.29, 0.717) is 5.38 Å². The van der Waals surface area contributed by atoms with Crippen LogP contribution >= 0.6 is 11.6 Å². The van der Waals surface area contributed by atoms with Crippen molar-refractivity contribution in [2.75, 3.05) is 0 Å². The quantitative estimate of drug-likeness (QED) is 0.544. The van der Waals surface area contributed by atoms with E-state index in [1.54, 1.807) is 0 Å². The number of hydrogen-bond acceptors (Lipinski definition) is 0. The maximum absolute atomic E-state index is 6.19. The Morgan fingerprint density at radius 2 is 1.42 bits per heavy atom. The fourth-order valence-corrected chi connectivity index (χ4v) is 3.41. The molecule has 0 radical (unpaired) electrons. The van der Waals surface area contributed by atoms with E-state index in [-0.39, 0.29) is 0 Å². The van der Waals surface area contributed by atoms with Crippen LogP contribution in [0.5, 0.6) is 0 Å². The molecule has 2 rings (SSSR count). The van der Waals surface area contributed by atoms with Crippen molar-refractivity contribution < 1.29 is 0 Å². The Bertz CT molecular complexity index is 138. The Morgan fingerprint density at radius 1 is 0.750 bits per heavy atom. The molecule has 2 unspecified atom stereocenters. The lowest BCUT2D eigenvalue weighted by Crippen LogP contribution is -2.21. The van der Waals surface area contributed by atoms with Gasteiger partial charge in [-0.15, -0.1) is 11.6 Å². The minimum atomic E-state index is 0.504. The SMILES string of the molecule is ClC1CCCC(C2CCCC2)C1. The van der Waals surface area contributed by atoms with Crippen LogP contribution in [0.1, 0.15) is 51.4 Å². The second-order valence-electron chi connectivity index (χ2n) is 4.57. The predicted molar refractivity (Wildman–Crippen MR) is 53.6 cm³/mol. The van der Waals surface area contributed by atoms with Gasteiger partial charge in [-0.25, -0.2) is 0 Å². The van der Waals surface area contributed by atoms with Gasteiger partial charge in [-0.2, -0.15) is 0 Å². The smallest absolute Gasteiger partial charge is 0.0338 e. The van der Waals surface area contributed by atoms with E-state index in [1.165, 1.54) is 51.4 Å². The molecule has 2 aliphatic carbocycles. The highest BCUT2D eigenvalue weighted by Gasteiger charge is 2.29. The molecule has 12 heavy (non-hydrogen) atoms. The molecule has 2 aliphatic rings. The van der Waals surface area contributed by atoms with Gasteiger partial charge in [-0.05, 0) is 24.7 Å². The largest absolute Gasteiger partial charge is 0.123 e. The summed E-state index contributed by atoms with van der Waals surface area (Å²) in [5.41, 5.74) is 0. The molecule has 70 valence electrons. The first-order valence-corrected chi connectivity index (χ1v) is 5.94. The fourth-order valence-electron chi connectivity index (χ4n) is 3.02. The highest BCUT2D eigenvalue weighted by Crippen LogP contribution is 2.40. The van der Waals surface area contributed by atoms with Gasteiger partial charge in [0.15, 0.2) is 0 Å². The number of hydrogen-bond donors (Lipinski definition) is 0. The van der Waals surface area contributed by atoms with Crippen LogP contribution in [0.3, 0.4) is 0 Å². The molecule has 0 aromatic heterocycles. The van der Waals surface area contributed by atoms with E-state index in [1.807, 2.05) is 0 Å². The van der Waals surface area contributed by atoms with Crippen LogP contribution in [-0.4, -0.2) is 5.38 Å². The van der Waals surface area contributed by atoms with Crippen molar-refractivity contribution in [2.45, 2.75) is 56.7 Å². The van der Waals surface area contributed by atoms with Gasteiger partial charge >= 0.3 is 0 Å². The van der Waals surface area contributed by atoms with E-state index >= 15 is 0 Å². The molecular formula is C11H19Cl. The van der Waals surface area contributed by atoms with E-state index in [4.69, 9.17) is 11.6 Å². The zero-order valence-corrected chi connectivity index (χ0v) is 8.52. The summed E-state index contributed by atoms with van der Waals surface area (Å²) in [6, 6.07) is 0. The molecule has 0 spiro atoms. The summed E-state index contributed by atoms with van der Waals surface area (Å²) in [5, 5.41) is 0.504. The van der Waals surface area contributed by atoms with Gasteiger partial charge in [0, 0.05) is 5.38 Å². The van der Waals surface area contributed by atoms with Crippen LogP contribution in [0.15, 0.2) is 0 Å². The molecule has 0 aliphatic heterocycles. The Hall–Kier alpha value is 0.290. The molecule has 0 N–H and O–H groups in total. The summed E-state index contributed by atoms with van der Waals surface area (Å²) < 4.78 is 0. The molecule has 2 fully saturated rings. The minimum absolute atomic E-state index is 0.504. The van der Waals surface area contributed by atoms with Gasteiger partial charge in [-0.3, -0.25) is 0 Å². The van der Waals surface area contributed by atoms with Crippen molar-refractivity contribution >= 4 is 11.6 Å². The summed E-state index contributed by atoms with van der Waals surface area (Å²) >= 11 is 6.19. The third kappa shape index (κ3) is 1.96. The predicted octanol–water partition coefficient (Wildman–Crippen LogP) is 3.97. The van der Waals surface area contributed by atoms with Crippen LogP contribution in [0.2, 0.25) is 0 Å². The Kier molecular flexibility index (Phi) is 2.96. The van der Waals surface area contributed by atoms with Crippen LogP contribution in [0.25, 0.3) is 0 Å². The number of halogens is 1. The average molecular weight is 187 g/mol. The maximum atomic E-state index is 6.19. The molecule has 0 bridgehead atoms. The van der Waals surface area contributed by atoms with Crippen LogP contribution in [0, 0.1) is 11.8 Å². The lowest BCUT2D eigenvalue weighted by atomic mass is 9.79. The molecule has 0 heterocycles. The highest BCUT2D eigenvalue weighted by atomic mass is 35.5. The first-order chi connectivity index (χ1) is 5.86. The van der Waals surface area contributed by atoms with Crippen molar-refractivity contribution in [1.82, 2.24) is 0 Å². The first-order valence-electron chi connectivity index (χ1n) is 5.50. The molecular weight excluding hydrogens is 168 g/mol. The molecule has 0 amide bonds. The minimum Gasteiger partial charge on any atom is -0.123 e. The van der Waals surface area contributed by atoms with Gasteiger partial charge in [-0.1, -0.05) is 38.5 Å². The summed E-state index contributed by atoms with van der Waals surface area (Å²) in [6.07, 6.45) is 11.4. The third-order valence-corrected chi connectivity index (χ3v) is 4.11. The van der Waals surface area contributed by atoms with Crippen LogP contribution in [0.4, 0.5) is 0 Å². The lowest BCUT2D eigenvalue weighted by molar-refractivity contribution is 0.255. The zero-order valence-electron chi connectivity index (χ0n) is 7.77. The van der Waals surface area contributed by atoms with E-state index in [9.17, 15) is 0 Å². The Balaban J connectivity index is 1.85. The van der Waals surface area contributed by atoms with Crippen LogP contribution < -0.4 is 0 Å². The molecule has 2 atom stereocenters. The summed E-state index contributed by atoms with van der Waals surface area (Å²) in [6.45, 7) is 0. The van der Waals surface area contributed by atoms with E-state index in [2.05, 4.69) is 0 Å². The van der Waals surface area contributed by atoms with Crippen molar-refractivity contribution in [1.29, 1.82) is 0 Å². The normalized spacial score (nSPS) is 38.8. The monoisotopic (exact) mass is 186 g/mol. The third-order valence-electron chi connectivity index (χ3n) is 3.72. The summed E-state index contributed by atoms with van der Waals surface area (Å²) in [7, 11) is 0. The van der Waals surface area contributed by atoms with Crippen molar-refractivity contribution in [3.8, 4) is 0 Å². The summed E-state index contributed by atoms with van der Waals surface area (Å²) in [5.74, 6) is 2.04. The van der Waals surface area contributed by atoms with Crippen molar-refractivity contribution in [2.24, 2.45) is 11.8 Å². The summed E-state index contributed by atoms with van der Waals surface area (Å²) in [4.78, 5) is 0. The van der Waals surface area contributed by atoms with Gasteiger partial charge in [0.25, 0.3) is 0 Å². The number of rotatable bonds is 1. The van der Waals surface area contributed by atoms with E-state index in [0.717, 1.165) is 11.8 Å². The maximum Gasteiger partial charge on any atom is 0.0338 e. The second-order valence-corrected chi connectivity index (χ2v) is 5.19.